The highest BCUT2D eigenvalue weighted by Crippen LogP contribution is 2.37. The molecule has 14 heteroatoms. The summed E-state index contributed by atoms with van der Waals surface area (Å²) in [5, 5.41) is 20.6. The standard InChI is InChI=1S/C27H35N5O7S2/c1-28-40(34,35)24-6-3-5-23(15-24)38-19-22(33)17-29-21-16-27(39-18-21)9-12-32(13-10-27)41(36,37)25-7-2-4-20(14-25)26-8-11-30-31-26/h2-8,11,14-15,21-22,28-29,33H,9-10,12-13,16-19H2,1H3,(H,30,31)/t21?,22-/m0/s1. The Balaban J connectivity index is 1.09. The summed E-state index contributed by atoms with van der Waals surface area (Å²) in [4.78, 5) is 0.326. The van der Waals surface area contributed by atoms with Crippen LogP contribution in [0, 0.1) is 0 Å². The predicted molar refractivity (Wildman–Crippen MR) is 151 cm³/mol. The minimum Gasteiger partial charge on any atom is -0.491 e. The molecular formula is C27H35N5O7S2. The first-order chi connectivity index (χ1) is 19.6. The maximum absolute atomic E-state index is 13.4. The molecule has 0 amide bonds. The van der Waals surface area contributed by atoms with E-state index in [9.17, 15) is 21.9 Å². The first kappa shape index (κ1) is 29.6. The molecule has 0 radical (unpaired) electrons. The van der Waals surface area contributed by atoms with Crippen molar-refractivity contribution in [3.8, 4) is 17.0 Å². The van der Waals surface area contributed by atoms with Gasteiger partial charge in [0.15, 0.2) is 0 Å². The highest BCUT2D eigenvalue weighted by molar-refractivity contribution is 7.89. The van der Waals surface area contributed by atoms with Crippen LogP contribution in [-0.4, -0.2) is 94.1 Å². The molecule has 0 bridgehead atoms. The fraction of sp³-hybridized carbons (Fsp3) is 0.444. The van der Waals surface area contributed by atoms with Crippen molar-refractivity contribution in [1.82, 2.24) is 24.5 Å². The van der Waals surface area contributed by atoms with Crippen molar-refractivity contribution in [3.05, 3.63) is 60.8 Å². The Morgan fingerprint density at radius 1 is 1.12 bits per heavy atom. The quantitative estimate of drug-likeness (QED) is 0.253. The molecule has 222 valence electrons. The highest BCUT2D eigenvalue weighted by Gasteiger charge is 2.44. The molecule has 5 rings (SSSR count). The Morgan fingerprint density at radius 2 is 1.88 bits per heavy atom. The third-order valence-electron chi connectivity index (χ3n) is 7.58. The van der Waals surface area contributed by atoms with Gasteiger partial charge in [-0.3, -0.25) is 5.10 Å². The zero-order valence-corrected chi connectivity index (χ0v) is 24.3. The molecule has 1 aromatic heterocycles. The third kappa shape index (κ3) is 6.80. The monoisotopic (exact) mass is 605 g/mol. The van der Waals surface area contributed by atoms with Crippen molar-refractivity contribution in [1.29, 1.82) is 0 Å². The average Bonchev–Trinajstić information content (AvgIpc) is 3.66. The van der Waals surface area contributed by atoms with Crippen molar-refractivity contribution in [2.75, 3.05) is 39.9 Å². The normalized spacial score (nSPS) is 20.3. The summed E-state index contributed by atoms with van der Waals surface area (Å²) < 4.78 is 66.3. The summed E-state index contributed by atoms with van der Waals surface area (Å²) in [6.07, 6.45) is 2.76. The van der Waals surface area contributed by atoms with Crippen molar-refractivity contribution < 1.29 is 31.4 Å². The van der Waals surface area contributed by atoms with Crippen LogP contribution < -0.4 is 14.8 Å². The van der Waals surface area contributed by atoms with Crippen molar-refractivity contribution >= 4 is 20.0 Å². The van der Waals surface area contributed by atoms with Gasteiger partial charge >= 0.3 is 0 Å². The van der Waals surface area contributed by atoms with Gasteiger partial charge in [0, 0.05) is 43.5 Å². The lowest BCUT2D eigenvalue weighted by molar-refractivity contribution is -0.0312. The minimum absolute atomic E-state index is 0.0110. The molecule has 2 aliphatic rings. The third-order valence-corrected chi connectivity index (χ3v) is 10.9. The summed E-state index contributed by atoms with van der Waals surface area (Å²) in [7, 11) is -5.91. The first-order valence-corrected chi connectivity index (χ1v) is 16.3. The SMILES string of the molecule is CNS(=O)(=O)c1cccc(OC[C@@H](O)CNC2COC3(CCN(S(=O)(=O)c4cccc(-c5cc[nH]n5)c4)CC3)C2)c1. The molecule has 4 N–H and O–H groups in total. The topological polar surface area (TPSA) is 163 Å². The van der Waals surface area contributed by atoms with E-state index in [1.54, 1.807) is 42.6 Å². The number of aromatic amines is 1. The number of aromatic nitrogens is 2. The van der Waals surface area contributed by atoms with Crippen LogP contribution in [0.25, 0.3) is 11.3 Å². The van der Waals surface area contributed by atoms with Crippen molar-refractivity contribution in [2.45, 2.75) is 46.8 Å². The number of hydrogen-bond acceptors (Lipinski definition) is 9. The van der Waals surface area contributed by atoms with Gasteiger partial charge in [-0.25, -0.2) is 21.6 Å². The fourth-order valence-corrected chi connectivity index (χ4v) is 7.50. The molecular weight excluding hydrogens is 570 g/mol. The molecule has 0 aliphatic carbocycles. The molecule has 1 spiro atoms. The van der Waals surface area contributed by atoms with Crippen LogP contribution in [0.15, 0.2) is 70.6 Å². The van der Waals surface area contributed by atoms with Gasteiger partial charge in [-0.2, -0.15) is 9.40 Å². The molecule has 2 saturated heterocycles. The number of piperidine rings is 1. The lowest BCUT2D eigenvalue weighted by Gasteiger charge is -2.38. The summed E-state index contributed by atoms with van der Waals surface area (Å²) in [6, 6.07) is 14.7. The number of rotatable bonds is 11. The van der Waals surface area contributed by atoms with Gasteiger partial charge in [-0.15, -0.1) is 0 Å². The van der Waals surface area contributed by atoms with Gasteiger partial charge in [-0.1, -0.05) is 18.2 Å². The van der Waals surface area contributed by atoms with Crippen LogP contribution in [-0.2, 0) is 24.8 Å². The van der Waals surface area contributed by atoms with E-state index in [0.29, 0.717) is 50.4 Å². The van der Waals surface area contributed by atoms with Crippen LogP contribution in [0.5, 0.6) is 5.75 Å². The smallest absolute Gasteiger partial charge is 0.243 e. The summed E-state index contributed by atoms with van der Waals surface area (Å²) >= 11 is 0. The van der Waals surface area contributed by atoms with E-state index < -0.39 is 31.8 Å². The molecule has 0 saturated carbocycles. The number of aliphatic hydroxyl groups excluding tert-OH is 1. The number of hydrogen-bond donors (Lipinski definition) is 4. The van der Waals surface area contributed by atoms with Crippen LogP contribution in [0.1, 0.15) is 19.3 Å². The van der Waals surface area contributed by atoms with Crippen LogP contribution >= 0.6 is 0 Å². The molecule has 1 unspecified atom stereocenters. The van der Waals surface area contributed by atoms with E-state index >= 15 is 0 Å². The van der Waals surface area contributed by atoms with Crippen molar-refractivity contribution in [2.24, 2.45) is 0 Å². The number of ether oxygens (including phenoxy) is 2. The number of nitrogens with zero attached hydrogens (tertiary/aromatic N) is 2. The molecule has 41 heavy (non-hydrogen) atoms. The second-order valence-corrected chi connectivity index (χ2v) is 14.2. The molecule has 2 fully saturated rings. The zero-order chi connectivity index (χ0) is 29.1. The van der Waals surface area contributed by atoms with Gasteiger partial charge in [0.2, 0.25) is 20.0 Å². The Kier molecular flexibility index (Phi) is 8.80. The molecule has 12 nitrogen and oxygen atoms in total. The molecule has 3 aromatic rings. The van der Waals surface area contributed by atoms with Gasteiger partial charge in [0.05, 0.1) is 27.7 Å². The fourth-order valence-electron chi connectivity index (χ4n) is 5.25. The van der Waals surface area contributed by atoms with Gasteiger partial charge < -0.3 is 19.9 Å². The van der Waals surface area contributed by atoms with Crippen LogP contribution in [0.3, 0.4) is 0 Å². The van der Waals surface area contributed by atoms with E-state index in [-0.39, 0.29) is 29.0 Å². The van der Waals surface area contributed by atoms with E-state index in [4.69, 9.17) is 9.47 Å². The lowest BCUT2D eigenvalue weighted by atomic mass is 9.88. The molecule has 2 aromatic carbocycles. The maximum Gasteiger partial charge on any atom is 0.243 e. The average molecular weight is 606 g/mol. The summed E-state index contributed by atoms with van der Waals surface area (Å²) in [5.41, 5.74) is 1.02. The molecule has 2 atom stereocenters. The Labute approximate surface area is 240 Å². The number of sulfonamides is 2. The second-order valence-electron chi connectivity index (χ2n) is 10.3. The first-order valence-electron chi connectivity index (χ1n) is 13.4. The van der Waals surface area contributed by atoms with Crippen molar-refractivity contribution in [3.63, 3.8) is 0 Å². The van der Waals surface area contributed by atoms with E-state index in [1.807, 2.05) is 6.07 Å². The zero-order valence-electron chi connectivity index (χ0n) is 22.7. The van der Waals surface area contributed by atoms with E-state index in [2.05, 4.69) is 20.2 Å². The van der Waals surface area contributed by atoms with E-state index in [1.165, 1.54) is 23.5 Å². The number of benzene rings is 2. The van der Waals surface area contributed by atoms with Gasteiger partial charge in [0.25, 0.3) is 0 Å². The summed E-state index contributed by atoms with van der Waals surface area (Å²) in [6.45, 7) is 1.45. The number of nitrogens with one attached hydrogen (secondary N) is 3. The lowest BCUT2D eigenvalue weighted by Crippen LogP contribution is -2.47. The Hall–Kier alpha value is -2.85. The maximum atomic E-state index is 13.4. The second kappa shape index (κ2) is 12.2. The summed E-state index contributed by atoms with van der Waals surface area (Å²) in [5.74, 6) is 0.345. The van der Waals surface area contributed by atoms with E-state index in [0.717, 1.165) is 5.56 Å². The van der Waals surface area contributed by atoms with Gasteiger partial charge in [-0.05, 0) is 56.6 Å². The molecule has 3 heterocycles. The predicted octanol–water partition coefficient (Wildman–Crippen LogP) is 1.33. The highest BCUT2D eigenvalue weighted by atomic mass is 32.2. The number of H-pyrrole nitrogens is 1. The van der Waals surface area contributed by atoms with Crippen LogP contribution in [0.4, 0.5) is 0 Å². The van der Waals surface area contributed by atoms with Gasteiger partial charge in [0.1, 0.15) is 18.5 Å². The Bertz CT molecular complexity index is 1540. The minimum atomic E-state index is -3.66. The number of aliphatic hydroxyl groups is 1. The Morgan fingerprint density at radius 3 is 2.61 bits per heavy atom. The molecule has 2 aliphatic heterocycles. The van der Waals surface area contributed by atoms with Crippen LogP contribution in [0.2, 0.25) is 0 Å². The largest absolute Gasteiger partial charge is 0.491 e.